The van der Waals surface area contributed by atoms with Crippen LogP contribution in [0, 0.1) is 0 Å². The van der Waals surface area contributed by atoms with Gasteiger partial charge in [0.25, 0.3) is 0 Å². The largest absolute Gasteiger partial charge is 0.378 e. The van der Waals surface area contributed by atoms with Crippen LogP contribution in [0.1, 0.15) is 0 Å². The van der Waals surface area contributed by atoms with Gasteiger partial charge in [-0.3, -0.25) is 9.97 Å². The molecule has 0 bridgehead atoms. The number of nitrogens with zero attached hydrogens (tertiary/aromatic N) is 4. The van der Waals surface area contributed by atoms with Crippen molar-refractivity contribution in [2.45, 2.75) is 0 Å². The molecule has 27 heavy (non-hydrogen) atoms. The Morgan fingerprint density at radius 3 is 1.48 bits per heavy atom. The van der Waals surface area contributed by atoms with E-state index in [1.165, 1.54) is 5.69 Å². The number of rotatable bonds is 4. The van der Waals surface area contributed by atoms with Crippen molar-refractivity contribution in [3.63, 3.8) is 0 Å². The van der Waals surface area contributed by atoms with Crippen LogP contribution < -0.4 is 4.90 Å². The summed E-state index contributed by atoms with van der Waals surface area (Å²) in [4.78, 5) is 15.2. The van der Waals surface area contributed by atoms with Crippen molar-refractivity contribution in [2.24, 2.45) is 0 Å². The molecule has 4 nitrogen and oxygen atoms in total. The molecular formula is C23H20N4. The molecule has 4 heteroatoms. The monoisotopic (exact) mass is 352 g/mol. The Morgan fingerprint density at radius 1 is 0.556 bits per heavy atom. The van der Waals surface area contributed by atoms with Gasteiger partial charge in [-0.25, -0.2) is 4.98 Å². The molecule has 4 aromatic rings. The second kappa shape index (κ2) is 7.38. The molecule has 0 N–H and O–H groups in total. The molecule has 0 fully saturated rings. The van der Waals surface area contributed by atoms with Gasteiger partial charge in [0.1, 0.15) is 0 Å². The standard InChI is InChI=1S/C23H20N4/c1-27(2)21-5-3-17(4-6-21)20-15-22(18-7-11-24-12-8-18)26-23(16-20)19-9-13-25-14-10-19/h3-16H,1-2H3. The first-order valence-corrected chi connectivity index (χ1v) is 8.81. The van der Waals surface area contributed by atoms with E-state index in [0.717, 1.165) is 33.6 Å². The fraction of sp³-hybridized carbons (Fsp3) is 0.0870. The maximum atomic E-state index is 4.88. The average molecular weight is 352 g/mol. The Balaban J connectivity index is 1.85. The van der Waals surface area contributed by atoms with Gasteiger partial charge in [0, 0.05) is 55.7 Å². The summed E-state index contributed by atoms with van der Waals surface area (Å²) in [6, 6.07) is 20.8. The molecule has 0 radical (unpaired) electrons. The van der Waals surface area contributed by atoms with Crippen molar-refractivity contribution in [1.29, 1.82) is 0 Å². The minimum Gasteiger partial charge on any atom is -0.378 e. The van der Waals surface area contributed by atoms with Crippen molar-refractivity contribution < 1.29 is 0 Å². The minimum absolute atomic E-state index is 0.929. The van der Waals surface area contributed by atoms with Gasteiger partial charge in [-0.2, -0.15) is 0 Å². The van der Waals surface area contributed by atoms with Gasteiger partial charge in [0.15, 0.2) is 0 Å². The highest BCUT2D eigenvalue weighted by Crippen LogP contribution is 2.30. The maximum Gasteiger partial charge on any atom is 0.0716 e. The summed E-state index contributed by atoms with van der Waals surface area (Å²) in [6.07, 6.45) is 7.17. The second-order valence-electron chi connectivity index (χ2n) is 6.54. The van der Waals surface area contributed by atoms with E-state index in [0.29, 0.717) is 0 Å². The van der Waals surface area contributed by atoms with Crippen LogP contribution in [-0.2, 0) is 0 Å². The molecule has 0 saturated heterocycles. The van der Waals surface area contributed by atoms with E-state index in [1.807, 2.05) is 38.4 Å². The first-order chi connectivity index (χ1) is 13.2. The minimum atomic E-state index is 0.929. The molecule has 0 aliphatic carbocycles. The molecule has 0 unspecified atom stereocenters. The zero-order valence-corrected chi connectivity index (χ0v) is 15.4. The highest BCUT2D eigenvalue weighted by Gasteiger charge is 2.09. The first kappa shape index (κ1) is 16.9. The van der Waals surface area contributed by atoms with Crippen molar-refractivity contribution in [2.75, 3.05) is 19.0 Å². The van der Waals surface area contributed by atoms with Crippen LogP contribution in [-0.4, -0.2) is 29.0 Å². The molecule has 0 saturated carbocycles. The van der Waals surface area contributed by atoms with Gasteiger partial charge in [0.05, 0.1) is 11.4 Å². The Bertz CT molecular complexity index is 969. The van der Waals surface area contributed by atoms with Gasteiger partial charge in [0.2, 0.25) is 0 Å². The number of anilines is 1. The molecular weight excluding hydrogens is 332 g/mol. The summed E-state index contributed by atoms with van der Waals surface area (Å²) >= 11 is 0. The lowest BCUT2D eigenvalue weighted by atomic mass is 10.0. The lowest BCUT2D eigenvalue weighted by Crippen LogP contribution is -2.07. The third-order valence-electron chi connectivity index (χ3n) is 4.49. The van der Waals surface area contributed by atoms with Gasteiger partial charge in [-0.05, 0) is 59.7 Å². The van der Waals surface area contributed by atoms with Gasteiger partial charge >= 0.3 is 0 Å². The molecule has 0 aliphatic heterocycles. The Kier molecular flexibility index (Phi) is 4.62. The molecule has 132 valence electrons. The maximum absolute atomic E-state index is 4.88. The van der Waals surface area contributed by atoms with Crippen molar-refractivity contribution in [3.8, 4) is 33.6 Å². The fourth-order valence-electron chi connectivity index (χ4n) is 2.99. The van der Waals surface area contributed by atoms with Crippen LogP contribution in [0.15, 0.2) is 85.5 Å². The molecule has 0 aliphatic rings. The molecule has 3 heterocycles. The van der Waals surface area contributed by atoms with E-state index in [9.17, 15) is 0 Å². The summed E-state index contributed by atoms with van der Waals surface area (Å²) < 4.78 is 0. The van der Waals surface area contributed by atoms with Gasteiger partial charge < -0.3 is 4.90 Å². The molecule has 4 rings (SSSR count). The lowest BCUT2D eigenvalue weighted by Gasteiger charge is -2.14. The summed E-state index contributed by atoms with van der Waals surface area (Å²) in [7, 11) is 4.09. The number of benzene rings is 1. The molecule has 0 amide bonds. The predicted molar refractivity (Wildman–Crippen MR) is 110 cm³/mol. The normalized spacial score (nSPS) is 10.6. The van der Waals surface area contributed by atoms with Crippen LogP contribution in [0.3, 0.4) is 0 Å². The quantitative estimate of drug-likeness (QED) is 0.522. The first-order valence-electron chi connectivity index (χ1n) is 8.81. The van der Waals surface area contributed by atoms with Crippen molar-refractivity contribution >= 4 is 5.69 Å². The highest BCUT2D eigenvalue weighted by atomic mass is 15.1. The zero-order chi connectivity index (χ0) is 18.6. The van der Waals surface area contributed by atoms with Crippen molar-refractivity contribution in [1.82, 2.24) is 15.0 Å². The third-order valence-corrected chi connectivity index (χ3v) is 4.49. The molecule has 0 spiro atoms. The Morgan fingerprint density at radius 2 is 1.04 bits per heavy atom. The topological polar surface area (TPSA) is 41.9 Å². The summed E-state index contributed by atoms with van der Waals surface area (Å²) in [5.74, 6) is 0. The Labute approximate surface area is 159 Å². The van der Waals surface area contributed by atoms with Crippen LogP contribution in [0.25, 0.3) is 33.6 Å². The smallest absolute Gasteiger partial charge is 0.0716 e. The fourth-order valence-corrected chi connectivity index (χ4v) is 2.99. The average Bonchev–Trinajstić information content (AvgIpc) is 2.75. The zero-order valence-electron chi connectivity index (χ0n) is 15.4. The van der Waals surface area contributed by atoms with E-state index < -0.39 is 0 Å². The SMILES string of the molecule is CN(C)c1ccc(-c2cc(-c3ccncc3)nc(-c3ccncc3)c2)cc1. The molecule has 1 aromatic carbocycles. The molecule has 3 aromatic heterocycles. The number of hydrogen-bond acceptors (Lipinski definition) is 4. The number of hydrogen-bond donors (Lipinski definition) is 0. The molecule has 0 atom stereocenters. The van der Waals surface area contributed by atoms with Crippen LogP contribution in [0.2, 0.25) is 0 Å². The summed E-state index contributed by atoms with van der Waals surface area (Å²) in [5.41, 5.74) is 7.43. The number of pyridine rings is 3. The van der Waals surface area contributed by atoms with E-state index in [1.54, 1.807) is 24.8 Å². The summed E-state index contributed by atoms with van der Waals surface area (Å²) in [6.45, 7) is 0. The van der Waals surface area contributed by atoms with E-state index in [4.69, 9.17) is 4.98 Å². The van der Waals surface area contributed by atoms with Crippen molar-refractivity contribution in [3.05, 3.63) is 85.5 Å². The Hall–Kier alpha value is -3.53. The third kappa shape index (κ3) is 3.70. The van der Waals surface area contributed by atoms with Crippen LogP contribution in [0.4, 0.5) is 5.69 Å². The van der Waals surface area contributed by atoms with E-state index in [2.05, 4.69) is 51.3 Å². The number of aromatic nitrogens is 3. The van der Waals surface area contributed by atoms with E-state index in [-0.39, 0.29) is 0 Å². The second-order valence-corrected chi connectivity index (χ2v) is 6.54. The summed E-state index contributed by atoms with van der Waals surface area (Å²) in [5, 5.41) is 0. The predicted octanol–water partition coefficient (Wildman–Crippen LogP) is 4.94. The lowest BCUT2D eigenvalue weighted by molar-refractivity contribution is 1.13. The van der Waals surface area contributed by atoms with Gasteiger partial charge in [-0.15, -0.1) is 0 Å². The van der Waals surface area contributed by atoms with Crippen LogP contribution >= 0.6 is 0 Å². The van der Waals surface area contributed by atoms with Gasteiger partial charge in [-0.1, -0.05) is 12.1 Å². The van der Waals surface area contributed by atoms with E-state index >= 15 is 0 Å². The van der Waals surface area contributed by atoms with Crippen LogP contribution in [0.5, 0.6) is 0 Å². The highest BCUT2D eigenvalue weighted by molar-refractivity contribution is 5.77.